The highest BCUT2D eigenvalue weighted by atomic mass is 19.3. The van der Waals surface area contributed by atoms with E-state index in [4.69, 9.17) is 0 Å². The Morgan fingerprint density at radius 1 is 1.26 bits per heavy atom. The second-order valence-electron chi connectivity index (χ2n) is 4.22. The molecule has 0 aromatic heterocycles. The summed E-state index contributed by atoms with van der Waals surface area (Å²) >= 11 is 0. The molecule has 0 bridgehead atoms. The van der Waals surface area contributed by atoms with E-state index in [2.05, 4.69) is 4.74 Å². The molecule has 1 heterocycles. The number of carbonyl (C=O) groups excluding carboxylic acids is 1. The predicted molar refractivity (Wildman–Crippen MR) is 61.0 cm³/mol. The number of alkyl halides is 2. The summed E-state index contributed by atoms with van der Waals surface area (Å²) in [6, 6.07) is 5.62. The number of benzene rings is 1. The van der Waals surface area contributed by atoms with Gasteiger partial charge in [-0.25, -0.2) is 0 Å². The Bertz CT molecular complexity index is 459. The zero-order chi connectivity index (χ0) is 14.0. The van der Waals surface area contributed by atoms with Gasteiger partial charge in [0, 0.05) is 13.1 Å². The molecule has 1 amide bonds. The largest absolute Gasteiger partial charge is 0.434 e. The molecule has 0 radical (unpaired) electrons. The predicted octanol–water partition coefficient (Wildman–Crippen LogP) is 0.466. The van der Waals surface area contributed by atoms with Crippen molar-refractivity contribution in [3.05, 3.63) is 29.8 Å². The molecule has 1 aromatic rings. The lowest BCUT2D eigenvalue weighted by atomic mass is 10.2. The number of para-hydroxylation sites is 1. The van der Waals surface area contributed by atoms with Crippen molar-refractivity contribution in [1.82, 2.24) is 4.90 Å². The molecule has 7 heteroatoms. The van der Waals surface area contributed by atoms with Crippen LogP contribution in [0.1, 0.15) is 10.4 Å². The van der Waals surface area contributed by atoms with E-state index in [0.29, 0.717) is 0 Å². The number of ether oxygens (including phenoxy) is 1. The molecular weight excluding hydrogens is 260 g/mol. The van der Waals surface area contributed by atoms with Gasteiger partial charge in [0.05, 0.1) is 17.8 Å². The lowest BCUT2D eigenvalue weighted by Crippen LogP contribution is -2.30. The minimum Gasteiger partial charge on any atom is -0.434 e. The van der Waals surface area contributed by atoms with Crippen molar-refractivity contribution in [1.29, 1.82) is 0 Å². The normalized spacial score (nSPS) is 22.9. The lowest BCUT2D eigenvalue weighted by molar-refractivity contribution is -0.0502. The highest BCUT2D eigenvalue weighted by molar-refractivity contribution is 5.97. The van der Waals surface area contributed by atoms with E-state index in [1.807, 2.05) is 0 Å². The molecule has 1 aliphatic rings. The van der Waals surface area contributed by atoms with Crippen LogP contribution >= 0.6 is 0 Å². The standard InChI is InChI=1S/C12H13F2NO4/c13-12(14)19-10-4-2-1-3-7(10)11(18)15-5-8(16)9(17)6-15/h1-4,8-9,12,16-17H,5-6H2/t8-,9+. The van der Waals surface area contributed by atoms with Gasteiger partial charge >= 0.3 is 6.61 Å². The minimum atomic E-state index is -3.02. The minimum absolute atomic E-state index is 0.0240. The first kappa shape index (κ1) is 13.7. The molecule has 5 nitrogen and oxygen atoms in total. The smallest absolute Gasteiger partial charge is 0.387 e. The third-order valence-electron chi connectivity index (χ3n) is 2.88. The van der Waals surface area contributed by atoms with Crippen molar-refractivity contribution in [3.63, 3.8) is 0 Å². The molecule has 2 atom stereocenters. The maximum Gasteiger partial charge on any atom is 0.387 e. The third kappa shape index (κ3) is 2.99. The highest BCUT2D eigenvalue weighted by Crippen LogP contribution is 2.23. The molecule has 1 fully saturated rings. The van der Waals surface area contributed by atoms with Gasteiger partial charge in [0.2, 0.25) is 0 Å². The van der Waals surface area contributed by atoms with E-state index in [0.717, 1.165) is 0 Å². The van der Waals surface area contributed by atoms with Gasteiger partial charge < -0.3 is 19.8 Å². The SMILES string of the molecule is O=C(c1ccccc1OC(F)F)N1C[C@@H](O)[C@@H](O)C1. The maximum absolute atomic E-state index is 12.2. The monoisotopic (exact) mass is 273 g/mol. The summed E-state index contributed by atoms with van der Waals surface area (Å²) in [6.45, 7) is -3.10. The fourth-order valence-electron chi connectivity index (χ4n) is 1.95. The van der Waals surface area contributed by atoms with Crippen LogP contribution in [-0.4, -0.2) is 52.9 Å². The average molecular weight is 273 g/mol. The van der Waals surface area contributed by atoms with Crippen molar-refractivity contribution in [2.75, 3.05) is 13.1 Å². The van der Waals surface area contributed by atoms with Gasteiger partial charge in [0.15, 0.2) is 0 Å². The summed E-state index contributed by atoms with van der Waals surface area (Å²) in [6.07, 6.45) is -2.04. The third-order valence-corrected chi connectivity index (χ3v) is 2.88. The fraction of sp³-hybridized carbons (Fsp3) is 0.417. The highest BCUT2D eigenvalue weighted by Gasteiger charge is 2.34. The summed E-state index contributed by atoms with van der Waals surface area (Å²) in [5, 5.41) is 18.8. The van der Waals surface area contributed by atoms with Crippen LogP contribution in [0.15, 0.2) is 24.3 Å². The number of β-amino-alcohol motifs (C(OH)–C–C–N with tert-alkyl or cyclic N) is 2. The van der Waals surface area contributed by atoms with Gasteiger partial charge in [-0.3, -0.25) is 4.79 Å². The van der Waals surface area contributed by atoms with E-state index in [1.165, 1.54) is 29.2 Å². The zero-order valence-corrected chi connectivity index (χ0v) is 9.87. The summed E-state index contributed by atoms with van der Waals surface area (Å²) < 4.78 is 28.8. The number of halogens is 2. The fourth-order valence-corrected chi connectivity index (χ4v) is 1.95. The number of carbonyl (C=O) groups is 1. The Balaban J connectivity index is 2.19. The summed E-state index contributed by atoms with van der Waals surface area (Å²) in [4.78, 5) is 13.3. The number of aliphatic hydroxyl groups is 2. The Kier molecular flexibility index (Phi) is 3.96. The van der Waals surface area contributed by atoms with E-state index in [-0.39, 0.29) is 24.4 Å². The summed E-state index contributed by atoms with van der Waals surface area (Å²) in [5.74, 6) is -0.787. The number of hydrogen-bond donors (Lipinski definition) is 2. The van der Waals surface area contributed by atoms with Crippen LogP contribution in [0.5, 0.6) is 5.75 Å². The van der Waals surface area contributed by atoms with Crippen LogP contribution in [0.25, 0.3) is 0 Å². The summed E-state index contributed by atoms with van der Waals surface area (Å²) in [5.41, 5.74) is -0.0240. The molecule has 0 aliphatic carbocycles. The van der Waals surface area contributed by atoms with E-state index < -0.39 is 24.7 Å². The van der Waals surface area contributed by atoms with Crippen molar-refractivity contribution in [2.45, 2.75) is 18.8 Å². The van der Waals surface area contributed by atoms with Crippen LogP contribution in [0.4, 0.5) is 8.78 Å². The van der Waals surface area contributed by atoms with Crippen LogP contribution in [-0.2, 0) is 0 Å². The van der Waals surface area contributed by atoms with Gasteiger partial charge in [-0.1, -0.05) is 12.1 Å². The van der Waals surface area contributed by atoms with Gasteiger partial charge in [0.1, 0.15) is 5.75 Å². The Hall–Kier alpha value is -1.73. The second kappa shape index (κ2) is 5.50. The number of amides is 1. The van der Waals surface area contributed by atoms with E-state index in [1.54, 1.807) is 0 Å². The Labute approximate surface area is 108 Å². The average Bonchev–Trinajstić information content (AvgIpc) is 2.69. The first-order chi connectivity index (χ1) is 8.99. The number of nitrogens with zero attached hydrogens (tertiary/aromatic N) is 1. The van der Waals surface area contributed by atoms with Crippen LogP contribution in [0, 0.1) is 0 Å². The zero-order valence-electron chi connectivity index (χ0n) is 9.87. The molecule has 0 saturated carbocycles. The quantitative estimate of drug-likeness (QED) is 0.839. The molecule has 0 unspecified atom stereocenters. The van der Waals surface area contributed by atoms with Gasteiger partial charge in [0.25, 0.3) is 5.91 Å². The lowest BCUT2D eigenvalue weighted by Gasteiger charge is -2.17. The molecule has 1 saturated heterocycles. The first-order valence-corrected chi connectivity index (χ1v) is 5.68. The van der Waals surface area contributed by atoms with Crippen LogP contribution in [0.3, 0.4) is 0 Å². The molecular formula is C12H13F2NO4. The number of aliphatic hydroxyl groups excluding tert-OH is 2. The van der Waals surface area contributed by atoms with Gasteiger partial charge in [-0.2, -0.15) is 8.78 Å². The second-order valence-corrected chi connectivity index (χ2v) is 4.22. The Morgan fingerprint density at radius 2 is 1.84 bits per heavy atom. The molecule has 104 valence electrons. The van der Waals surface area contributed by atoms with Gasteiger partial charge in [-0.05, 0) is 12.1 Å². The molecule has 1 aliphatic heterocycles. The topological polar surface area (TPSA) is 70.0 Å². The van der Waals surface area contributed by atoms with Crippen LogP contribution < -0.4 is 4.74 Å². The van der Waals surface area contributed by atoms with Crippen molar-refractivity contribution >= 4 is 5.91 Å². The van der Waals surface area contributed by atoms with Crippen molar-refractivity contribution in [3.8, 4) is 5.75 Å². The molecule has 2 rings (SSSR count). The Morgan fingerprint density at radius 3 is 2.42 bits per heavy atom. The number of rotatable bonds is 3. The summed E-state index contributed by atoms with van der Waals surface area (Å²) in [7, 11) is 0. The van der Waals surface area contributed by atoms with Gasteiger partial charge in [-0.15, -0.1) is 0 Å². The molecule has 1 aromatic carbocycles. The molecule has 2 N–H and O–H groups in total. The molecule has 0 spiro atoms. The van der Waals surface area contributed by atoms with Crippen molar-refractivity contribution < 1.29 is 28.5 Å². The first-order valence-electron chi connectivity index (χ1n) is 5.68. The van der Waals surface area contributed by atoms with E-state index in [9.17, 15) is 23.8 Å². The molecule has 19 heavy (non-hydrogen) atoms. The maximum atomic E-state index is 12.2. The van der Waals surface area contributed by atoms with E-state index >= 15 is 0 Å². The number of likely N-dealkylation sites (tertiary alicyclic amines) is 1. The number of hydrogen-bond acceptors (Lipinski definition) is 4. The van der Waals surface area contributed by atoms with Crippen LogP contribution in [0.2, 0.25) is 0 Å². The van der Waals surface area contributed by atoms with Crippen molar-refractivity contribution in [2.24, 2.45) is 0 Å².